The van der Waals surface area contributed by atoms with Gasteiger partial charge in [-0.15, -0.1) is 0 Å². The molecule has 4 heterocycles. The van der Waals surface area contributed by atoms with Crippen molar-refractivity contribution in [1.29, 1.82) is 0 Å². The van der Waals surface area contributed by atoms with Crippen molar-refractivity contribution >= 4 is 90.5 Å². The third-order valence-electron chi connectivity index (χ3n) is 18.8. The minimum atomic E-state index is -0.188. The zero-order valence-electron chi connectivity index (χ0n) is 48.2. The SMILES string of the molecule is CC(C)(C)c1ccc2c(c1)B1c3cc(C(C)(C)C)ccc3N(c3cccc4oc5ccccc5c34)c3cc(N4c5ccc(C(C)(C)C)cc5C5(C)CCCCC45C)cc(c31)N2c1ccc(C(C)(C)C)cc1-c1ccccc1. The Hall–Kier alpha value is -6.98. The van der Waals surface area contributed by atoms with E-state index < -0.39 is 0 Å². The highest BCUT2D eigenvalue weighted by Crippen LogP contribution is 2.62. The Labute approximate surface area is 459 Å². The number of hydrogen-bond acceptors (Lipinski definition) is 4. The van der Waals surface area contributed by atoms with E-state index in [0.29, 0.717) is 0 Å². The molecule has 3 aliphatic heterocycles. The molecule has 1 aliphatic carbocycles. The van der Waals surface area contributed by atoms with Gasteiger partial charge in [-0.1, -0.05) is 200 Å². The third-order valence-corrected chi connectivity index (χ3v) is 18.8. The van der Waals surface area contributed by atoms with Gasteiger partial charge in [0.2, 0.25) is 0 Å². The molecule has 4 aliphatic rings. The van der Waals surface area contributed by atoms with Gasteiger partial charge >= 0.3 is 0 Å². The molecular weight excluding hydrogens is 934 g/mol. The first-order valence-corrected chi connectivity index (χ1v) is 28.6. The Morgan fingerprint density at radius 3 is 1.56 bits per heavy atom. The van der Waals surface area contributed by atoms with Crippen LogP contribution in [0.3, 0.4) is 0 Å². The number of anilines is 8. The Kier molecular flexibility index (Phi) is 10.8. The second-order valence-electron chi connectivity index (χ2n) is 27.8. The summed E-state index contributed by atoms with van der Waals surface area (Å²) >= 11 is 0. The first kappa shape index (κ1) is 49.6. The summed E-state index contributed by atoms with van der Waals surface area (Å²) in [5, 5.41) is 2.26. The standard InChI is InChI=1S/C72H76BN3O/c1-67(2,3)46-29-33-56(52(39-46)45-23-16-15-17-24-45)74-58-35-31-48(69(7,8)9)41-54(58)73-55-42-49(70(10,11)12)32-36-59(55)75(60-26-22-28-64-65(60)51-25-18-19-27-63(51)77-64)62-44-50(43-61(74)66(62)73)76-57-34-30-47(68(4,5)6)40-53(57)71(13)37-20-21-38-72(71,76)14/h15-19,22-36,39-44H,20-21,37-38H2,1-14H3. The molecule has 4 nitrogen and oxygen atoms in total. The van der Waals surface area contributed by atoms with E-state index in [4.69, 9.17) is 4.42 Å². The highest BCUT2D eigenvalue weighted by atomic mass is 16.3. The fraction of sp³-hybridized carbons (Fsp3) is 0.333. The average Bonchev–Trinajstić information content (AvgIpc) is 4.15. The maximum absolute atomic E-state index is 6.77. The Morgan fingerprint density at radius 2 is 0.948 bits per heavy atom. The van der Waals surface area contributed by atoms with Gasteiger partial charge in [-0.3, -0.25) is 0 Å². The van der Waals surface area contributed by atoms with Crippen LogP contribution in [0, 0.1) is 0 Å². The van der Waals surface area contributed by atoms with Gasteiger partial charge < -0.3 is 19.1 Å². The summed E-state index contributed by atoms with van der Waals surface area (Å²) in [7, 11) is 0. The van der Waals surface area contributed by atoms with Crippen molar-refractivity contribution in [3.63, 3.8) is 0 Å². The molecule has 13 rings (SSSR count). The van der Waals surface area contributed by atoms with Crippen LogP contribution in [0.4, 0.5) is 45.5 Å². The van der Waals surface area contributed by atoms with E-state index in [-0.39, 0.29) is 39.3 Å². The second-order valence-corrected chi connectivity index (χ2v) is 27.8. The van der Waals surface area contributed by atoms with Crippen LogP contribution in [0.1, 0.15) is 150 Å². The molecule has 9 aromatic rings. The van der Waals surface area contributed by atoms with Crippen molar-refractivity contribution in [2.24, 2.45) is 0 Å². The lowest BCUT2D eigenvalue weighted by atomic mass is 9.33. The van der Waals surface area contributed by atoms with Crippen molar-refractivity contribution in [3.05, 3.63) is 186 Å². The van der Waals surface area contributed by atoms with Gasteiger partial charge in [-0.25, -0.2) is 0 Å². The molecule has 77 heavy (non-hydrogen) atoms. The molecular formula is C72H76BN3O. The Morgan fingerprint density at radius 1 is 0.442 bits per heavy atom. The topological polar surface area (TPSA) is 22.9 Å². The molecule has 1 aromatic heterocycles. The third kappa shape index (κ3) is 7.45. The van der Waals surface area contributed by atoms with Crippen LogP contribution >= 0.6 is 0 Å². The van der Waals surface area contributed by atoms with Gasteiger partial charge in [0.25, 0.3) is 6.71 Å². The summed E-state index contributed by atoms with van der Waals surface area (Å²) in [6.45, 7) is 33.4. The Balaban J connectivity index is 1.21. The maximum Gasteiger partial charge on any atom is 0.252 e. The van der Waals surface area contributed by atoms with E-state index in [1.165, 1.54) is 108 Å². The number of para-hydroxylation sites is 1. The summed E-state index contributed by atoms with van der Waals surface area (Å²) in [4.78, 5) is 8.15. The number of nitrogens with zero attached hydrogens (tertiary/aromatic N) is 3. The van der Waals surface area contributed by atoms with E-state index in [0.717, 1.165) is 40.5 Å². The fourth-order valence-corrected chi connectivity index (χ4v) is 14.2. The van der Waals surface area contributed by atoms with E-state index in [2.05, 4.69) is 269 Å². The molecule has 0 radical (unpaired) electrons. The van der Waals surface area contributed by atoms with E-state index in [1.54, 1.807) is 0 Å². The van der Waals surface area contributed by atoms with Crippen molar-refractivity contribution < 1.29 is 4.42 Å². The zero-order chi connectivity index (χ0) is 53.9. The highest BCUT2D eigenvalue weighted by Gasteiger charge is 2.58. The predicted octanol–water partition coefficient (Wildman–Crippen LogP) is 18.3. The van der Waals surface area contributed by atoms with Gasteiger partial charge in [-0.2, -0.15) is 0 Å². The van der Waals surface area contributed by atoms with Gasteiger partial charge in [0.1, 0.15) is 11.2 Å². The van der Waals surface area contributed by atoms with Gasteiger partial charge in [0.05, 0.1) is 22.3 Å². The number of benzene rings is 8. The molecule has 8 aromatic carbocycles. The predicted molar refractivity (Wildman–Crippen MR) is 331 cm³/mol. The normalized spacial score (nSPS) is 19.1. The first-order chi connectivity index (χ1) is 36.5. The molecule has 0 bridgehead atoms. The second kappa shape index (κ2) is 16.8. The van der Waals surface area contributed by atoms with E-state index in [1.807, 2.05) is 0 Å². The van der Waals surface area contributed by atoms with E-state index in [9.17, 15) is 0 Å². The molecule has 2 unspecified atom stereocenters. The number of furan rings is 1. The highest BCUT2D eigenvalue weighted by molar-refractivity contribution is 7.00. The minimum absolute atomic E-state index is 0.0215. The number of hydrogen-bond donors (Lipinski definition) is 0. The lowest BCUT2D eigenvalue weighted by Crippen LogP contribution is -2.62. The number of rotatable bonds is 4. The number of fused-ring (bicyclic) bond motifs is 10. The summed E-state index contributed by atoms with van der Waals surface area (Å²) in [5.74, 6) is 0. The van der Waals surface area contributed by atoms with Crippen LogP contribution in [-0.4, -0.2) is 12.3 Å². The molecule has 0 saturated heterocycles. The molecule has 0 spiro atoms. The van der Waals surface area contributed by atoms with Crippen molar-refractivity contribution in [2.75, 3.05) is 14.7 Å². The van der Waals surface area contributed by atoms with Crippen LogP contribution in [0.5, 0.6) is 0 Å². The quantitative estimate of drug-likeness (QED) is 0.164. The van der Waals surface area contributed by atoms with Crippen molar-refractivity contribution in [2.45, 2.75) is 155 Å². The maximum atomic E-state index is 6.77. The lowest BCUT2D eigenvalue weighted by molar-refractivity contribution is 0.195. The largest absolute Gasteiger partial charge is 0.456 e. The molecule has 0 amide bonds. The van der Waals surface area contributed by atoms with Crippen LogP contribution in [0.2, 0.25) is 0 Å². The summed E-state index contributed by atoms with van der Waals surface area (Å²) in [5.41, 5.74) is 24.4. The molecule has 5 heteroatoms. The van der Waals surface area contributed by atoms with Crippen LogP contribution in [0.25, 0.3) is 33.1 Å². The van der Waals surface area contributed by atoms with Crippen molar-refractivity contribution in [1.82, 2.24) is 0 Å². The molecule has 0 N–H and O–H groups in total. The summed E-state index contributed by atoms with van der Waals surface area (Å²) < 4.78 is 6.77. The fourth-order valence-electron chi connectivity index (χ4n) is 14.2. The van der Waals surface area contributed by atoms with Gasteiger partial charge in [-0.05, 0) is 152 Å². The average molecular weight is 1010 g/mol. The van der Waals surface area contributed by atoms with Crippen molar-refractivity contribution in [3.8, 4) is 11.1 Å². The molecule has 2 atom stereocenters. The summed E-state index contributed by atoms with van der Waals surface area (Å²) in [6, 6.07) is 61.3. The van der Waals surface area contributed by atoms with Gasteiger partial charge in [0, 0.05) is 50.5 Å². The van der Waals surface area contributed by atoms with Crippen LogP contribution in [-0.2, 0) is 27.1 Å². The minimum Gasteiger partial charge on any atom is -0.456 e. The monoisotopic (exact) mass is 1010 g/mol. The van der Waals surface area contributed by atoms with Gasteiger partial charge in [0.15, 0.2) is 0 Å². The lowest BCUT2D eigenvalue weighted by Gasteiger charge is -2.51. The molecule has 1 saturated carbocycles. The summed E-state index contributed by atoms with van der Waals surface area (Å²) in [6.07, 6.45) is 4.69. The molecule has 388 valence electrons. The first-order valence-electron chi connectivity index (χ1n) is 28.6. The Bertz CT molecular complexity index is 3870. The van der Waals surface area contributed by atoms with E-state index >= 15 is 0 Å². The van der Waals surface area contributed by atoms with Crippen LogP contribution < -0.4 is 31.1 Å². The van der Waals surface area contributed by atoms with Crippen LogP contribution in [0.15, 0.2) is 162 Å². The molecule has 1 fully saturated rings. The smallest absolute Gasteiger partial charge is 0.252 e. The zero-order valence-corrected chi connectivity index (χ0v) is 48.2.